The van der Waals surface area contributed by atoms with Gasteiger partial charge in [0.15, 0.2) is 9.84 Å². The summed E-state index contributed by atoms with van der Waals surface area (Å²) < 4.78 is 30.1. The fourth-order valence-corrected chi connectivity index (χ4v) is 4.50. The largest absolute Gasteiger partial charge is 0.464 e. The van der Waals surface area contributed by atoms with Crippen molar-refractivity contribution < 1.29 is 12.8 Å². The highest BCUT2D eigenvalue weighted by Gasteiger charge is 2.30. The fourth-order valence-electron chi connectivity index (χ4n) is 2.64. The van der Waals surface area contributed by atoms with Crippen molar-refractivity contribution in [2.75, 3.05) is 0 Å². The molecule has 4 heteroatoms. The van der Waals surface area contributed by atoms with Crippen molar-refractivity contribution in [3.8, 4) is 11.3 Å². The summed E-state index contributed by atoms with van der Waals surface area (Å²) in [6, 6.07) is 10.7. The van der Waals surface area contributed by atoms with Crippen LogP contribution in [0.3, 0.4) is 0 Å². The third-order valence-electron chi connectivity index (χ3n) is 3.73. The van der Waals surface area contributed by atoms with E-state index in [1.807, 2.05) is 12.1 Å². The molecular formula is C15H16O3S. The van der Waals surface area contributed by atoms with Gasteiger partial charge in [0.25, 0.3) is 0 Å². The first-order valence-corrected chi connectivity index (χ1v) is 8.10. The van der Waals surface area contributed by atoms with E-state index in [1.165, 1.54) is 0 Å². The van der Waals surface area contributed by atoms with Crippen molar-refractivity contribution in [2.24, 2.45) is 0 Å². The summed E-state index contributed by atoms with van der Waals surface area (Å²) >= 11 is 0. The molecule has 3 rings (SSSR count). The molecule has 19 heavy (non-hydrogen) atoms. The average Bonchev–Trinajstić information content (AvgIpc) is 3.12. The SMILES string of the molecule is O=S(=O)(c1ccc(-c2ccco2)cc1)C1CCCC1. The van der Waals surface area contributed by atoms with Crippen LogP contribution >= 0.6 is 0 Å². The van der Waals surface area contributed by atoms with Gasteiger partial charge in [-0.1, -0.05) is 12.8 Å². The Bertz CT molecular complexity index is 633. The standard InChI is InChI=1S/C15H16O3S/c16-19(17,13-4-1-2-5-13)14-9-7-12(8-10-14)15-6-3-11-18-15/h3,6-11,13H,1-2,4-5H2. The second kappa shape index (κ2) is 4.85. The molecule has 1 heterocycles. The highest BCUT2D eigenvalue weighted by molar-refractivity contribution is 7.92. The molecule has 1 aliphatic rings. The Balaban J connectivity index is 1.90. The first-order valence-electron chi connectivity index (χ1n) is 6.56. The van der Waals surface area contributed by atoms with Crippen LogP contribution < -0.4 is 0 Å². The molecule has 3 nitrogen and oxygen atoms in total. The Morgan fingerprint density at radius 1 is 1.00 bits per heavy atom. The van der Waals surface area contributed by atoms with Crippen LogP contribution in [0.2, 0.25) is 0 Å². The van der Waals surface area contributed by atoms with Gasteiger partial charge in [-0.15, -0.1) is 0 Å². The van der Waals surface area contributed by atoms with E-state index in [4.69, 9.17) is 4.42 Å². The topological polar surface area (TPSA) is 47.3 Å². The minimum absolute atomic E-state index is 0.193. The summed E-state index contributed by atoms with van der Waals surface area (Å²) in [6.07, 6.45) is 5.24. The summed E-state index contributed by atoms with van der Waals surface area (Å²) in [4.78, 5) is 0.426. The molecule has 1 aromatic heterocycles. The molecule has 0 amide bonds. The van der Waals surface area contributed by atoms with Gasteiger partial charge in [-0.25, -0.2) is 8.42 Å². The van der Waals surface area contributed by atoms with Gasteiger partial charge < -0.3 is 4.42 Å². The molecule has 0 aliphatic heterocycles. The number of furan rings is 1. The first-order chi connectivity index (χ1) is 9.18. The second-order valence-electron chi connectivity index (χ2n) is 4.95. The number of hydrogen-bond donors (Lipinski definition) is 0. The predicted octanol–water partition coefficient (Wildman–Crippen LogP) is 3.66. The van der Waals surface area contributed by atoms with Gasteiger partial charge >= 0.3 is 0 Å². The lowest BCUT2D eigenvalue weighted by atomic mass is 10.2. The van der Waals surface area contributed by atoms with Gasteiger partial charge in [0.2, 0.25) is 0 Å². The van der Waals surface area contributed by atoms with Gasteiger partial charge in [0.05, 0.1) is 16.4 Å². The molecule has 0 radical (unpaired) electrons. The normalized spacial score (nSPS) is 16.8. The zero-order valence-electron chi connectivity index (χ0n) is 10.6. The molecule has 1 saturated carbocycles. The number of sulfone groups is 1. The Labute approximate surface area is 113 Å². The molecule has 2 aromatic rings. The van der Waals surface area contributed by atoms with Gasteiger partial charge in [-0.05, 0) is 49.2 Å². The van der Waals surface area contributed by atoms with Crippen LogP contribution in [0.4, 0.5) is 0 Å². The van der Waals surface area contributed by atoms with E-state index in [1.54, 1.807) is 30.5 Å². The van der Waals surface area contributed by atoms with Crippen LogP contribution in [-0.4, -0.2) is 13.7 Å². The van der Waals surface area contributed by atoms with Crippen LogP contribution in [0.1, 0.15) is 25.7 Å². The van der Waals surface area contributed by atoms with E-state index in [9.17, 15) is 8.42 Å². The van der Waals surface area contributed by atoms with Crippen molar-refractivity contribution >= 4 is 9.84 Å². The van der Waals surface area contributed by atoms with Crippen LogP contribution in [0, 0.1) is 0 Å². The van der Waals surface area contributed by atoms with E-state index in [0.717, 1.165) is 37.0 Å². The van der Waals surface area contributed by atoms with Gasteiger partial charge in [-0.2, -0.15) is 0 Å². The Hall–Kier alpha value is -1.55. The van der Waals surface area contributed by atoms with Crippen molar-refractivity contribution in [1.29, 1.82) is 0 Å². The zero-order valence-corrected chi connectivity index (χ0v) is 11.4. The highest BCUT2D eigenvalue weighted by Crippen LogP contribution is 2.30. The number of hydrogen-bond acceptors (Lipinski definition) is 3. The lowest BCUT2D eigenvalue weighted by molar-refractivity contribution is 0.578. The van der Waals surface area contributed by atoms with Crippen LogP contribution in [0.25, 0.3) is 11.3 Å². The maximum Gasteiger partial charge on any atom is 0.181 e. The summed E-state index contributed by atoms with van der Waals surface area (Å²) in [6.45, 7) is 0. The molecule has 0 unspecified atom stereocenters. The van der Waals surface area contributed by atoms with Gasteiger partial charge in [-0.3, -0.25) is 0 Å². The van der Waals surface area contributed by atoms with E-state index in [-0.39, 0.29) is 5.25 Å². The molecule has 0 atom stereocenters. The van der Waals surface area contributed by atoms with Crippen molar-refractivity contribution in [1.82, 2.24) is 0 Å². The van der Waals surface area contributed by atoms with Crippen molar-refractivity contribution in [2.45, 2.75) is 35.8 Å². The van der Waals surface area contributed by atoms with Crippen molar-refractivity contribution in [3.05, 3.63) is 42.7 Å². The minimum atomic E-state index is -3.15. The van der Waals surface area contributed by atoms with E-state index < -0.39 is 9.84 Å². The third kappa shape index (κ3) is 2.32. The van der Waals surface area contributed by atoms with Crippen LogP contribution in [-0.2, 0) is 9.84 Å². The third-order valence-corrected chi connectivity index (χ3v) is 6.01. The minimum Gasteiger partial charge on any atom is -0.464 e. The molecule has 100 valence electrons. The maximum atomic E-state index is 12.4. The van der Waals surface area contributed by atoms with Crippen molar-refractivity contribution in [3.63, 3.8) is 0 Å². The zero-order chi connectivity index (χ0) is 13.3. The van der Waals surface area contributed by atoms with Crippen LogP contribution in [0.15, 0.2) is 52.0 Å². The molecule has 0 spiro atoms. The Kier molecular flexibility index (Phi) is 3.19. The van der Waals surface area contributed by atoms with E-state index in [0.29, 0.717) is 4.90 Å². The monoisotopic (exact) mass is 276 g/mol. The molecule has 0 saturated heterocycles. The molecular weight excluding hydrogens is 260 g/mol. The molecule has 1 fully saturated rings. The van der Waals surface area contributed by atoms with E-state index >= 15 is 0 Å². The first kappa shape index (κ1) is 12.5. The predicted molar refractivity (Wildman–Crippen MR) is 73.6 cm³/mol. The second-order valence-corrected chi connectivity index (χ2v) is 7.18. The molecule has 1 aliphatic carbocycles. The lowest BCUT2D eigenvalue weighted by Gasteiger charge is -2.11. The van der Waals surface area contributed by atoms with Gasteiger partial charge in [0, 0.05) is 5.56 Å². The van der Waals surface area contributed by atoms with Gasteiger partial charge in [0.1, 0.15) is 5.76 Å². The lowest BCUT2D eigenvalue weighted by Crippen LogP contribution is -2.17. The summed E-state index contributed by atoms with van der Waals surface area (Å²) in [5.74, 6) is 0.754. The summed E-state index contributed by atoms with van der Waals surface area (Å²) in [5.41, 5.74) is 0.898. The number of benzene rings is 1. The fraction of sp³-hybridized carbons (Fsp3) is 0.333. The molecule has 1 aromatic carbocycles. The Morgan fingerprint density at radius 2 is 1.68 bits per heavy atom. The summed E-state index contributed by atoms with van der Waals surface area (Å²) in [5, 5.41) is -0.193. The molecule has 0 N–H and O–H groups in total. The number of rotatable bonds is 3. The van der Waals surface area contributed by atoms with Crippen LogP contribution in [0.5, 0.6) is 0 Å². The van der Waals surface area contributed by atoms with E-state index in [2.05, 4.69) is 0 Å². The average molecular weight is 276 g/mol. The summed E-state index contributed by atoms with van der Waals surface area (Å²) in [7, 11) is -3.15. The maximum absolute atomic E-state index is 12.4. The highest BCUT2D eigenvalue weighted by atomic mass is 32.2. The quantitative estimate of drug-likeness (QED) is 0.859. The Morgan fingerprint density at radius 3 is 2.26 bits per heavy atom. The molecule has 0 bridgehead atoms. The smallest absolute Gasteiger partial charge is 0.181 e.